The Morgan fingerprint density at radius 2 is 1.78 bits per heavy atom. The number of nitrogens with zero attached hydrogens (tertiary/aromatic N) is 4. The normalized spacial score (nSPS) is 16.7. The fourth-order valence-electron chi connectivity index (χ4n) is 3.02. The summed E-state index contributed by atoms with van der Waals surface area (Å²) in [6, 6.07) is 1.99. The summed E-state index contributed by atoms with van der Waals surface area (Å²) >= 11 is 0. The lowest BCUT2D eigenvalue weighted by Gasteiger charge is -2.35. The molecule has 0 atom stereocenters. The lowest BCUT2D eigenvalue weighted by atomic mass is 10.2. The quantitative estimate of drug-likeness (QED) is 0.730. The number of amides is 1. The molecule has 0 unspecified atom stereocenters. The molecular formula is C17H30N4O2. The number of carbonyl (C=O) groups excluding carboxylic acids is 1. The van der Waals surface area contributed by atoms with Crippen molar-refractivity contribution in [3.63, 3.8) is 0 Å². The third-order valence-corrected chi connectivity index (χ3v) is 4.23. The van der Waals surface area contributed by atoms with E-state index in [9.17, 15) is 4.79 Å². The van der Waals surface area contributed by atoms with Crippen LogP contribution in [0.1, 0.15) is 38.1 Å². The molecule has 1 saturated heterocycles. The summed E-state index contributed by atoms with van der Waals surface area (Å²) in [5, 5.41) is 4.05. The molecule has 1 aliphatic rings. The van der Waals surface area contributed by atoms with Crippen LogP contribution in [0.5, 0.6) is 0 Å². The number of rotatable bonds is 8. The van der Waals surface area contributed by atoms with E-state index in [4.69, 9.17) is 4.52 Å². The Kier molecular flexibility index (Phi) is 7.05. The van der Waals surface area contributed by atoms with Crippen molar-refractivity contribution in [3.05, 3.63) is 17.5 Å². The molecule has 23 heavy (non-hydrogen) atoms. The van der Waals surface area contributed by atoms with Crippen molar-refractivity contribution in [2.45, 2.75) is 40.2 Å². The van der Waals surface area contributed by atoms with Crippen molar-refractivity contribution in [3.8, 4) is 0 Å². The van der Waals surface area contributed by atoms with Crippen LogP contribution in [0.4, 0.5) is 0 Å². The van der Waals surface area contributed by atoms with E-state index in [2.05, 4.69) is 28.8 Å². The van der Waals surface area contributed by atoms with Gasteiger partial charge in [0.15, 0.2) is 0 Å². The molecule has 0 N–H and O–H groups in total. The Morgan fingerprint density at radius 3 is 2.30 bits per heavy atom. The maximum Gasteiger partial charge on any atom is 0.236 e. The average molecular weight is 322 g/mol. The topological polar surface area (TPSA) is 52.8 Å². The molecule has 0 bridgehead atoms. The van der Waals surface area contributed by atoms with Crippen molar-refractivity contribution in [1.82, 2.24) is 19.9 Å². The Morgan fingerprint density at radius 1 is 1.17 bits per heavy atom. The zero-order chi connectivity index (χ0) is 16.7. The minimum Gasteiger partial charge on any atom is -0.361 e. The molecule has 6 nitrogen and oxygen atoms in total. The van der Waals surface area contributed by atoms with E-state index in [0.29, 0.717) is 6.54 Å². The number of carbonyl (C=O) groups is 1. The van der Waals surface area contributed by atoms with Gasteiger partial charge < -0.3 is 9.42 Å². The molecule has 0 aliphatic carbocycles. The third kappa shape index (κ3) is 5.62. The first-order valence-corrected chi connectivity index (χ1v) is 8.77. The minimum atomic E-state index is 0.272. The molecule has 1 aromatic heterocycles. The Balaban J connectivity index is 1.74. The molecule has 6 heteroatoms. The predicted molar refractivity (Wildman–Crippen MR) is 90.1 cm³/mol. The van der Waals surface area contributed by atoms with Gasteiger partial charge in [-0.1, -0.05) is 19.0 Å². The second-order valence-corrected chi connectivity index (χ2v) is 6.36. The second-order valence-electron chi connectivity index (χ2n) is 6.36. The van der Waals surface area contributed by atoms with Crippen molar-refractivity contribution in [1.29, 1.82) is 0 Å². The highest BCUT2D eigenvalue weighted by Gasteiger charge is 2.21. The van der Waals surface area contributed by atoms with Crippen LogP contribution in [0.15, 0.2) is 10.6 Å². The first kappa shape index (κ1) is 17.9. The largest absolute Gasteiger partial charge is 0.361 e. The van der Waals surface area contributed by atoms with Crippen LogP contribution in [-0.4, -0.2) is 71.6 Å². The molecular weight excluding hydrogens is 292 g/mol. The van der Waals surface area contributed by atoms with Crippen LogP contribution >= 0.6 is 0 Å². The van der Waals surface area contributed by atoms with Crippen LogP contribution in [-0.2, 0) is 11.3 Å². The zero-order valence-electron chi connectivity index (χ0n) is 14.8. The Hall–Kier alpha value is -1.40. The highest BCUT2D eigenvalue weighted by Crippen LogP contribution is 2.09. The minimum absolute atomic E-state index is 0.272. The van der Waals surface area contributed by atoms with Gasteiger partial charge >= 0.3 is 0 Å². The maximum atomic E-state index is 12.4. The van der Waals surface area contributed by atoms with Crippen LogP contribution in [0.25, 0.3) is 0 Å². The van der Waals surface area contributed by atoms with Gasteiger partial charge in [0.2, 0.25) is 5.91 Å². The molecule has 130 valence electrons. The molecule has 0 saturated carbocycles. The first-order valence-electron chi connectivity index (χ1n) is 8.77. The Bertz CT molecular complexity index is 475. The van der Waals surface area contributed by atoms with E-state index in [0.717, 1.165) is 70.1 Å². The van der Waals surface area contributed by atoms with Crippen molar-refractivity contribution in [2.24, 2.45) is 0 Å². The molecule has 1 fully saturated rings. The molecule has 0 radical (unpaired) electrons. The highest BCUT2D eigenvalue weighted by atomic mass is 16.5. The van der Waals surface area contributed by atoms with Gasteiger partial charge in [0.1, 0.15) is 5.76 Å². The van der Waals surface area contributed by atoms with Crippen LogP contribution in [0.3, 0.4) is 0 Å². The van der Waals surface area contributed by atoms with Gasteiger partial charge in [-0.05, 0) is 19.8 Å². The van der Waals surface area contributed by atoms with E-state index < -0.39 is 0 Å². The standard InChI is InChI=1S/C17H30N4O2/c1-4-6-21(7-5-2)17(22)14-20-10-8-19(9-11-20)13-16-12-15(3)23-18-16/h12H,4-11,13-14H2,1-3H3. The number of hydrogen-bond acceptors (Lipinski definition) is 5. The zero-order valence-corrected chi connectivity index (χ0v) is 14.8. The summed E-state index contributed by atoms with van der Waals surface area (Å²) < 4.78 is 5.11. The summed E-state index contributed by atoms with van der Waals surface area (Å²) in [7, 11) is 0. The number of aromatic nitrogens is 1. The summed E-state index contributed by atoms with van der Waals surface area (Å²) in [5.74, 6) is 1.13. The molecule has 0 spiro atoms. The van der Waals surface area contributed by atoms with E-state index >= 15 is 0 Å². The summed E-state index contributed by atoms with van der Waals surface area (Å²) in [4.78, 5) is 19.1. The van der Waals surface area contributed by atoms with E-state index in [1.807, 2.05) is 17.9 Å². The molecule has 2 heterocycles. The fraction of sp³-hybridized carbons (Fsp3) is 0.765. The van der Waals surface area contributed by atoms with Gasteiger partial charge in [-0.3, -0.25) is 14.6 Å². The van der Waals surface area contributed by atoms with E-state index in [-0.39, 0.29) is 5.91 Å². The summed E-state index contributed by atoms with van der Waals surface area (Å²) in [6.45, 7) is 13.1. The van der Waals surface area contributed by atoms with Crippen molar-refractivity contribution >= 4 is 5.91 Å². The Labute approximate surface area is 139 Å². The average Bonchev–Trinajstić information content (AvgIpc) is 2.94. The van der Waals surface area contributed by atoms with Crippen LogP contribution < -0.4 is 0 Å². The van der Waals surface area contributed by atoms with Crippen LogP contribution in [0.2, 0.25) is 0 Å². The SMILES string of the molecule is CCCN(CCC)C(=O)CN1CCN(Cc2cc(C)on2)CC1. The van der Waals surface area contributed by atoms with Gasteiger partial charge in [-0.15, -0.1) is 0 Å². The van der Waals surface area contributed by atoms with Gasteiger partial charge in [0.25, 0.3) is 0 Å². The van der Waals surface area contributed by atoms with Gasteiger partial charge in [0.05, 0.1) is 12.2 Å². The molecule has 1 amide bonds. The predicted octanol–water partition coefficient (Wildman–Crippen LogP) is 1.75. The molecule has 1 aromatic rings. The molecule has 0 aromatic carbocycles. The fourth-order valence-corrected chi connectivity index (χ4v) is 3.02. The first-order chi connectivity index (χ1) is 11.1. The summed E-state index contributed by atoms with van der Waals surface area (Å²) in [6.07, 6.45) is 2.05. The monoisotopic (exact) mass is 322 g/mol. The van der Waals surface area contributed by atoms with E-state index in [1.54, 1.807) is 0 Å². The third-order valence-electron chi connectivity index (χ3n) is 4.23. The number of piperazine rings is 1. The number of aryl methyl sites for hydroxylation is 1. The van der Waals surface area contributed by atoms with Crippen LogP contribution in [0, 0.1) is 6.92 Å². The highest BCUT2D eigenvalue weighted by molar-refractivity contribution is 5.78. The van der Waals surface area contributed by atoms with Gasteiger partial charge in [-0.25, -0.2) is 0 Å². The lowest BCUT2D eigenvalue weighted by molar-refractivity contribution is -0.133. The smallest absolute Gasteiger partial charge is 0.236 e. The number of hydrogen-bond donors (Lipinski definition) is 0. The lowest BCUT2D eigenvalue weighted by Crippen LogP contribution is -2.50. The summed E-state index contributed by atoms with van der Waals surface area (Å²) in [5.41, 5.74) is 0.990. The maximum absolute atomic E-state index is 12.4. The van der Waals surface area contributed by atoms with Gasteiger partial charge in [0, 0.05) is 51.9 Å². The second kappa shape index (κ2) is 9.03. The molecule has 2 rings (SSSR count). The van der Waals surface area contributed by atoms with Crippen molar-refractivity contribution < 1.29 is 9.32 Å². The molecule has 1 aliphatic heterocycles. The van der Waals surface area contributed by atoms with Gasteiger partial charge in [-0.2, -0.15) is 0 Å². The van der Waals surface area contributed by atoms with E-state index in [1.165, 1.54) is 0 Å². The van der Waals surface area contributed by atoms with Crippen molar-refractivity contribution in [2.75, 3.05) is 45.8 Å².